The number of carbonyl (C=O) groups excluding carboxylic acids is 2. The molecule has 120 valence electrons. The normalized spacial score (nSPS) is 29.5. The minimum Gasteiger partial charge on any atom is -0.466 e. The number of hydrogen-bond acceptors (Lipinski definition) is 5. The molecule has 5 nitrogen and oxygen atoms in total. The predicted octanol–water partition coefficient (Wildman–Crippen LogP) is 2.18. The van der Waals surface area contributed by atoms with E-state index in [-0.39, 0.29) is 29.6 Å². The van der Waals surface area contributed by atoms with E-state index in [0.717, 1.165) is 0 Å². The van der Waals surface area contributed by atoms with Crippen LogP contribution in [0.5, 0.6) is 0 Å². The first-order valence-electron chi connectivity index (χ1n) is 6.96. The van der Waals surface area contributed by atoms with Crippen molar-refractivity contribution in [2.24, 2.45) is 0 Å². The second-order valence-corrected chi connectivity index (χ2v) is 11.7. The van der Waals surface area contributed by atoms with Crippen LogP contribution in [0.3, 0.4) is 0 Å². The topological polar surface area (TPSA) is 72.8 Å². The molecule has 0 saturated carbocycles. The standard InChI is InChI=1S/C14H23BrO5Si/c1-10(16)19-9-5-8-14(18)12(17)7-6-11(15)13(14)20-21(2,3)4/h6-7,11,13,18H,5,8-9H2,1-4H3/t11?,13-,14-/m1/s1. The number of esters is 1. The van der Waals surface area contributed by atoms with Crippen molar-refractivity contribution in [3.05, 3.63) is 12.2 Å². The van der Waals surface area contributed by atoms with Crippen LogP contribution >= 0.6 is 15.9 Å². The Morgan fingerprint density at radius 2 is 2.10 bits per heavy atom. The fraction of sp³-hybridized carbons (Fsp3) is 0.714. The molecule has 0 aromatic heterocycles. The molecule has 0 radical (unpaired) electrons. The molecule has 1 rings (SSSR count). The first-order valence-corrected chi connectivity index (χ1v) is 11.3. The summed E-state index contributed by atoms with van der Waals surface area (Å²) in [6.07, 6.45) is 3.06. The van der Waals surface area contributed by atoms with Gasteiger partial charge >= 0.3 is 5.97 Å². The third-order valence-corrected chi connectivity index (χ3v) is 4.85. The monoisotopic (exact) mass is 378 g/mol. The van der Waals surface area contributed by atoms with E-state index in [1.807, 2.05) is 19.6 Å². The van der Waals surface area contributed by atoms with E-state index in [9.17, 15) is 14.7 Å². The summed E-state index contributed by atoms with van der Waals surface area (Å²) < 4.78 is 10.9. The molecule has 0 heterocycles. The second-order valence-electron chi connectivity index (χ2n) is 6.19. The first-order chi connectivity index (χ1) is 9.56. The molecule has 1 aliphatic rings. The minimum atomic E-state index is -1.93. The third-order valence-electron chi connectivity index (χ3n) is 3.11. The van der Waals surface area contributed by atoms with Gasteiger partial charge in [0, 0.05) is 6.92 Å². The Labute approximate surface area is 135 Å². The fourth-order valence-electron chi connectivity index (χ4n) is 2.19. The van der Waals surface area contributed by atoms with Crippen molar-refractivity contribution >= 4 is 36.0 Å². The maximum Gasteiger partial charge on any atom is 0.302 e. The van der Waals surface area contributed by atoms with Gasteiger partial charge < -0.3 is 14.3 Å². The van der Waals surface area contributed by atoms with Crippen LogP contribution in [0.25, 0.3) is 0 Å². The van der Waals surface area contributed by atoms with E-state index < -0.39 is 20.0 Å². The number of ether oxygens (including phenoxy) is 1. The summed E-state index contributed by atoms with van der Waals surface area (Å²) in [6, 6.07) is 0. The maximum absolute atomic E-state index is 12.2. The Bertz CT molecular complexity index is 432. The number of rotatable bonds is 6. The van der Waals surface area contributed by atoms with Gasteiger partial charge in [-0.15, -0.1) is 0 Å². The highest BCUT2D eigenvalue weighted by Crippen LogP contribution is 2.34. The van der Waals surface area contributed by atoms with Crippen molar-refractivity contribution < 1.29 is 23.9 Å². The summed E-state index contributed by atoms with van der Waals surface area (Å²) in [7, 11) is -1.93. The van der Waals surface area contributed by atoms with Crippen LogP contribution < -0.4 is 0 Å². The van der Waals surface area contributed by atoms with Crippen molar-refractivity contribution in [2.75, 3.05) is 6.61 Å². The zero-order valence-electron chi connectivity index (χ0n) is 12.9. The Morgan fingerprint density at radius 3 is 2.62 bits per heavy atom. The van der Waals surface area contributed by atoms with Gasteiger partial charge in [-0.1, -0.05) is 22.0 Å². The molecule has 0 aliphatic heterocycles. The molecule has 0 amide bonds. The second kappa shape index (κ2) is 7.17. The molecule has 21 heavy (non-hydrogen) atoms. The highest BCUT2D eigenvalue weighted by molar-refractivity contribution is 9.09. The zero-order chi connectivity index (χ0) is 16.3. The smallest absolute Gasteiger partial charge is 0.302 e. The highest BCUT2D eigenvalue weighted by atomic mass is 79.9. The van der Waals surface area contributed by atoms with Crippen molar-refractivity contribution in [3.8, 4) is 0 Å². The molecule has 1 N–H and O–H groups in total. The van der Waals surface area contributed by atoms with Gasteiger partial charge in [0.15, 0.2) is 19.7 Å². The van der Waals surface area contributed by atoms with E-state index in [1.54, 1.807) is 6.08 Å². The summed E-state index contributed by atoms with van der Waals surface area (Å²) in [5.74, 6) is -0.727. The zero-order valence-corrected chi connectivity index (χ0v) is 15.5. The summed E-state index contributed by atoms with van der Waals surface area (Å²) in [5.41, 5.74) is -1.58. The number of aliphatic hydroxyl groups is 1. The predicted molar refractivity (Wildman–Crippen MR) is 85.9 cm³/mol. The number of carbonyl (C=O) groups is 2. The molecule has 1 unspecified atom stereocenters. The van der Waals surface area contributed by atoms with Crippen LogP contribution in [-0.2, 0) is 18.8 Å². The summed E-state index contributed by atoms with van der Waals surface area (Å²) >= 11 is 3.46. The largest absolute Gasteiger partial charge is 0.466 e. The van der Waals surface area contributed by atoms with Crippen molar-refractivity contribution in [1.82, 2.24) is 0 Å². The van der Waals surface area contributed by atoms with Gasteiger partial charge in [-0.05, 0) is 38.6 Å². The van der Waals surface area contributed by atoms with E-state index in [2.05, 4.69) is 15.9 Å². The van der Waals surface area contributed by atoms with Gasteiger partial charge in [0.1, 0.15) is 0 Å². The van der Waals surface area contributed by atoms with E-state index in [1.165, 1.54) is 13.0 Å². The lowest BCUT2D eigenvalue weighted by molar-refractivity contribution is -0.147. The molecule has 3 atom stereocenters. The van der Waals surface area contributed by atoms with Gasteiger partial charge in [0.2, 0.25) is 0 Å². The highest BCUT2D eigenvalue weighted by Gasteiger charge is 2.49. The van der Waals surface area contributed by atoms with Gasteiger partial charge in [-0.3, -0.25) is 9.59 Å². The van der Waals surface area contributed by atoms with Crippen molar-refractivity contribution in [2.45, 2.75) is 55.9 Å². The Kier molecular flexibility index (Phi) is 6.33. The molecular formula is C14H23BrO5Si. The Hall–Kier alpha value is -0.503. The van der Waals surface area contributed by atoms with Crippen molar-refractivity contribution in [3.63, 3.8) is 0 Å². The van der Waals surface area contributed by atoms with Crippen molar-refractivity contribution in [1.29, 1.82) is 0 Å². The lowest BCUT2D eigenvalue weighted by Crippen LogP contribution is -2.58. The van der Waals surface area contributed by atoms with Crippen LogP contribution in [0.15, 0.2) is 12.2 Å². The molecule has 7 heteroatoms. The number of ketones is 1. The minimum absolute atomic E-state index is 0.182. The van der Waals surface area contributed by atoms with Gasteiger partial charge in [-0.25, -0.2) is 0 Å². The lowest BCUT2D eigenvalue weighted by Gasteiger charge is -2.41. The van der Waals surface area contributed by atoms with E-state index in [0.29, 0.717) is 6.42 Å². The average Bonchev–Trinajstić information content (AvgIpc) is 2.34. The number of hydrogen-bond donors (Lipinski definition) is 1. The quantitative estimate of drug-likeness (QED) is 0.332. The maximum atomic E-state index is 12.2. The molecule has 0 aromatic rings. The van der Waals surface area contributed by atoms with Gasteiger partial charge in [0.05, 0.1) is 17.5 Å². The molecule has 0 aromatic carbocycles. The van der Waals surface area contributed by atoms with Crippen LogP contribution in [-0.4, -0.2) is 48.3 Å². The molecule has 0 spiro atoms. The van der Waals surface area contributed by atoms with Crippen LogP contribution in [0.4, 0.5) is 0 Å². The van der Waals surface area contributed by atoms with Crippen LogP contribution in [0, 0.1) is 0 Å². The third kappa shape index (κ3) is 5.32. The fourth-order valence-corrected chi connectivity index (χ4v) is 4.19. The summed E-state index contributed by atoms with van der Waals surface area (Å²) in [4.78, 5) is 22.7. The lowest BCUT2D eigenvalue weighted by atomic mass is 9.81. The van der Waals surface area contributed by atoms with Gasteiger partial charge in [0.25, 0.3) is 0 Å². The Balaban J connectivity index is 2.82. The summed E-state index contributed by atoms with van der Waals surface area (Å²) in [5, 5.41) is 10.8. The molecule has 0 saturated heterocycles. The first kappa shape index (κ1) is 18.5. The molecule has 0 fully saturated rings. The Morgan fingerprint density at radius 1 is 1.48 bits per heavy atom. The summed E-state index contributed by atoms with van der Waals surface area (Å²) in [6.45, 7) is 7.54. The molecular weight excluding hydrogens is 356 g/mol. The molecule has 1 aliphatic carbocycles. The molecule has 0 bridgehead atoms. The van der Waals surface area contributed by atoms with Gasteiger partial charge in [-0.2, -0.15) is 0 Å². The SMILES string of the molecule is CC(=O)OCCC[C@@]1(O)C(=O)C=CC(Br)[C@H]1O[Si](C)(C)C. The number of halogens is 1. The van der Waals surface area contributed by atoms with Crippen LogP contribution in [0.1, 0.15) is 19.8 Å². The van der Waals surface area contributed by atoms with E-state index in [4.69, 9.17) is 9.16 Å². The van der Waals surface area contributed by atoms with E-state index >= 15 is 0 Å². The number of alkyl halides is 1. The van der Waals surface area contributed by atoms with Crippen LogP contribution in [0.2, 0.25) is 19.6 Å². The average molecular weight is 379 g/mol.